The number of nitrogens with zero attached hydrogens (tertiary/aromatic N) is 1. The Balaban J connectivity index is 1.43. The summed E-state index contributed by atoms with van der Waals surface area (Å²) in [6, 6.07) is 16.0. The summed E-state index contributed by atoms with van der Waals surface area (Å²) in [5.74, 6) is -0.693. The smallest absolute Gasteiger partial charge is 0.240 e. The number of amides is 2. The maximum Gasteiger partial charge on any atom is 0.240 e. The van der Waals surface area contributed by atoms with Crippen LogP contribution in [-0.4, -0.2) is 16.8 Å². The molecule has 1 aliphatic rings. The fraction of sp³-hybridized carbons (Fsp3) is 0.136. The standard InChI is InChI=1S/C22H19FN4O3/c23-17-12-15(30-16-8-11-25-19(24)13-16)6-7-18(17)27-21(29)22(9-10-22)20(28)26-14-4-2-1-3-5-14/h1-8,11-13H,9-10H2,(H2,24,25)(H,26,28)(H,27,29). The molecule has 1 saturated carbocycles. The number of anilines is 3. The van der Waals surface area contributed by atoms with Gasteiger partial charge in [-0.15, -0.1) is 0 Å². The molecule has 0 bridgehead atoms. The quantitative estimate of drug-likeness (QED) is 0.538. The van der Waals surface area contributed by atoms with E-state index < -0.39 is 23.0 Å². The van der Waals surface area contributed by atoms with Gasteiger partial charge in [-0.3, -0.25) is 9.59 Å². The average molecular weight is 406 g/mol. The average Bonchev–Trinajstić information content (AvgIpc) is 3.53. The third-order valence-corrected chi connectivity index (χ3v) is 4.83. The van der Waals surface area contributed by atoms with Gasteiger partial charge in [0.25, 0.3) is 0 Å². The summed E-state index contributed by atoms with van der Waals surface area (Å²) in [5, 5.41) is 5.26. The third-order valence-electron chi connectivity index (χ3n) is 4.83. The van der Waals surface area contributed by atoms with Gasteiger partial charge in [0.1, 0.15) is 28.5 Å². The number of pyridine rings is 1. The number of nitrogen functional groups attached to an aromatic ring is 1. The highest BCUT2D eigenvalue weighted by atomic mass is 19.1. The minimum Gasteiger partial charge on any atom is -0.457 e. The molecule has 0 atom stereocenters. The summed E-state index contributed by atoms with van der Waals surface area (Å²) in [6.45, 7) is 0. The van der Waals surface area contributed by atoms with Crippen molar-refractivity contribution in [2.24, 2.45) is 5.41 Å². The Morgan fingerprint density at radius 1 is 0.967 bits per heavy atom. The third kappa shape index (κ3) is 4.07. The van der Waals surface area contributed by atoms with Gasteiger partial charge in [-0.25, -0.2) is 9.37 Å². The van der Waals surface area contributed by atoms with Gasteiger partial charge < -0.3 is 21.1 Å². The molecule has 4 N–H and O–H groups in total. The Morgan fingerprint density at radius 2 is 1.67 bits per heavy atom. The van der Waals surface area contributed by atoms with E-state index in [1.54, 1.807) is 30.3 Å². The lowest BCUT2D eigenvalue weighted by molar-refractivity contribution is -0.131. The number of carbonyl (C=O) groups is 2. The van der Waals surface area contributed by atoms with Gasteiger partial charge in [-0.1, -0.05) is 18.2 Å². The van der Waals surface area contributed by atoms with Crippen LogP contribution in [0.5, 0.6) is 11.5 Å². The fourth-order valence-corrected chi connectivity index (χ4v) is 2.98. The molecule has 30 heavy (non-hydrogen) atoms. The van der Waals surface area contributed by atoms with Crippen LogP contribution >= 0.6 is 0 Å². The highest BCUT2D eigenvalue weighted by molar-refractivity contribution is 6.16. The van der Waals surface area contributed by atoms with Gasteiger partial charge in [0.15, 0.2) is 0 Å². The minimum absolute atomic E-state index is 0.0274. The summed E-state index contributed by atoms with van der Waals surface area (Å²) < 4.78 is 20.1. The molecule has 3 aromatic rings. The number of benzene rings is 2. The van der Waals surface area contributed by atoms with Crippen molar-refractivity contribution in [3.05, 3.63) is 72.7 Å². The molecule has 1 fully saturated rings. The predicted octanol–water partition coefficient (Wildman–Crippen LogP) is 3.95. The second-order valence-corrected chi connectivity index (χ2v) is 7.02. The second-order valence-electron chi connectivity index (χ2n) is 7.02. The molecule has 2 aromatic carbocycles. The molecule has 0 aliphatic heterocycles. The largest absolute Gasteiger partial charge is 0.457 e. The molecule has 8 heteroatoms. The zero-order chi connectivity index (χ0) is 21.1. The molecule has 1 aliphatic carbocycles. The highest BCUT2D eigenvalue weighted by Gasteiger charge is 2.56. The Bertz CT molecular complexity index is 1100. The number of rotatable bonds is 6. The molecule has 0 saturated heterocycles. The van der Waals surface area contributed by atoms with E-state index in [0.717, 1.165) is 6.07 Å². The molecule has 0 radical (unpaired) electrons. The fourth-order valence-electron chi connectivity index (χ4n) is 2.98. The van der Waals surface area contributed by atoms with Crippen LogP contribution in [0.1, 0.15) is 12.8 Å². The molecule has 2 amide bonds. The Kier molecular flexibility index (Phi) is 5.05. The van der Waals surface area contributed by atoms with E-state index >= 15 is 0 Å². The predicted molar refractivity (Wildman–Crippen MR) is 110 cm³/mol. The van der Waals surface area contributed by atoms with Crippen molar-refractivity contribution in [3.8, 4) is 11.5 Å². The molecule has 1 heterocycles. The number of carbonyl (C=O) groups excluding carboxylic acids is 2. The number of para-hydroxylation sites is 1. The minimum atomic E-state index is -1.19. The van der Waals surface area contributed by atoms with E-state index in [2.05, 4.69) is 15.6 Å². The van der Waals surface area contributed by atoms with Gasteiger partial charge in [-0.05, 0) is 43.2 Å². The first-order valence-corrected chi connectivity index (χ1v) is 9.33. The first kappa shape index (κ1) is 19.4. The SMILES string of the molecule is Nc1cc(Oc2ccc(NC(=O)C3(C(=O)Nc4ccccc4)CC3)c(F)c2)ccn1. The molecule has 0 spiro atoms. The van der Waals surface area contributed by atoms with E-state index in [9.17, 15) is 14.0 Å². The summed E-state index contributed by atoms with van der Waals surface area (Å²) in [5.41, 5.74) is 4.98. The van der Waals surface area contributed by atoms with E-state index in [-0.39, 0.29) is 17.3 Å². The summed E-state index contributed by atoms with van der Waals surface area (Å²) in [4.78, 5) is 29.2. The Hall–Kier alpha value is -3.94. The number of nitrogens with one attached hydrogen (secondary N) is 2. The highest BCUT2D eigenvalue weighted by Crippen LogP contribution is 2.47. The van der Waals surface area contributed by atoms with Crippen LogP contribution in [0.3, 0.4) is 0 Å². The van der Waals surface area contributed by atoms with Crippen molar-refractivity contribution >= 4 is 29.0 Å². The van der Waals surface area contributed by atoms with Crippen LogP contribution in [0.4, 0.5) is 21.6 Å². The first-order chi connectivity index (χ1) is 14.5. The lowest BCUT2D eigenvalue weighted by atomic mass is 10.0. The summed E-state index contributed by atoms with van der Waals surface area (Å²) in [6.07, 6.45) is 2.29. The Labute approximate surface area is 172 Å². The van der Waals surface area contributed by atoms with Crippen molar-refractivity contribution in [3.63, 3.8) is 0 Å². The molecule has 1 aromatic heterocycles. The van der Waals surface area contributed by atoms with Crippen LogP contribution in [0.2, 0.25) is 0 Å². The lowest BCUT2D eigenvalue weighted by Crippen LogP contribution is -2.35. The zero-order valence-electron chi connectivity index (χ0n) is 15.9. The molecule has 152 valence electrons. The molecular weight excluding hydrogens is 387 g/mol. The summed E-state index contributed by atoms with van der Waals surface area (Å²) in [7, 11) is 0. The summed E-state index contributed by atoms with van der Waals surface area (Å²) >= 11 is 0. The number of halogens is 1. The van der Waals surface area contributed by atoms with Crippen LogP contribution in [0.15, 0.2) is 66.9 Å². The van der Waals surface area contributed by atoms with Crippen LogP contribution in [0.25, 0.3) is 0 Å². The molecule has 0 unspecified atom stereocenters. The van der Waals surface area contributed by atoms with Gasteiger partial charge in [0.05, 0.1) is 5.69 Å². The number of hydrogen-bond donors (Lipinski definition) is 3. The number of hydrogen-bond acceptors (Lipinski definition) is 5. The number of ether oxygens (including phenoxy) is 1. The topological polar surface area (TPSA) is 106 Å². The van der Waals surface area contributed by atoms with Gasteiger partial charge in [-0.2, -0.15) is 0 Å². The van der Waals surface area contributed by atoms with Gasteiger partial charge in [0, 0.05) is 24.0 Å². The van der Waals surface area contributed by atoms with Crippen LogP contribution in [0, 0.1) is 11.2 Å². The number of nitrogens with two attached hydrogens (primary N) is 1. The maximum absolute atomic E-state index is 14.5. The van der Waals surface area contributed by atoms with Crippen molar-refractivity contribution in [2.45, 2.75) is 12.8 Å². The molecule has 7 nitrogen and oxygen atoms in total. The Morgan fingerprint density at radius 3 is 2.33 bits per heavy atom. The van der Waals surface area contributed by atoms with Crippen molar-refractivity contribution in [2.75, 3.05) is 16.4 Å². The van der Waals surface area contributed by atoms with E-state index in [4.69, 9.17) is 10.5 Å². The monoisotopic (exact) mass is 406 g/mol. The van der Waals surface area contributed by atoms with Crippen molar-refractivity contribution < 1.29 is 18.7 Å². The van der Waals surface area contributed by atoms with Crippen LogP contribution in [-0.2, 0) is 9.59 Å². The van der Waals surface area contributed by atoms with Gasteiger partial charge >= 0.3 is 0 Å². The second kappa shape index (κ2) is 7.82. The van der Waals surface area contributed by atoms with Crippen LogP contribution < -0.4 is 21.1 Å². The molecular formula is C22H19FN4O3. The lowest BCUT2D eigenvalue weighted by Gasteiger charge is -2.16. The van der Waals surface area contributed by atoms with Crippen molar-refractivity contribution in [1.82, 2.24) is 4.98 Å². The maximum atomic E-state index is 14.5. The molecule has 4 rings (SSSR count). The van der Waals surface area contributed by atoms with E-state index in [0.29, 0.717) is 24.3 Å². The van der Waals surface area contributed by atoms with Crippen molar-refractivity contribution in [1.29, 1.82) is 0 Å². The van der Waals surface area contributed by atoms with E-state index in [1.165, 1.54) is 24.4 Å². The number of aromatic nitrogens is 1. The zero-order valence-corrected chi connectivity index (χ0v) is 15.9. The van der Waals surface area contributed by atoms with Gasteiger partial charge in [0.2, 0.25) is 11.8 Å². The first-order valence-electron chi connectivity index (χ1n) is 9.33. The normalized spacial score (nSPS) is 13.9. The van der Waals surface area contributed by atoms with E-state index in [1.807, 2.05) is 6.07 Å².